The lowest BCUT2D eigenvalue weighted by Gasteiger charge is -2.34. The number of nitrogens with zero attached hydrogens (tertiary/aromatic N) is 3. The number of aliphatic hydroxyl groups is 1. The van der Waals surface area contributed by atoms with E-state index in [-0.39, 0.29) is 11.8 Å². The maximum atomic E-state index is 13.1. The molecule has 0 radical (unpaired) electrons. The zero-order valence-electron chi connectivity index (χ0n) is 19.0. The summed E-state index contributed by atoms with van der Waals surface area (Å²) in [5.74, 6) is -0.0202. The van der Waals surface area contributed by atoms with Gasteiger partial charge in [0.05, 0.1) is 6.10 Å². The molecule has 1 fully saturated rings. The average molecular weight is 449 g/mol. The molecule has 1 unspecified atom stereocenters. The largest absolute Gasteiger partial charge is 0.390 e. The van der Waals surface area contributed by atoms with Crippen molar-refractivity contribution in [3.05, 3.63) is 70.3 Å². The van der Waals surface area contributed by atoms with Crippen molar-refractivity contribution in [2.45, 2.75) is 25.5 Å². The third-order valence-corrected chi connectivity index (χ3v) is 7.03. The van der Waals surface area contributed by atoms with Crippen LogP contribution in [0.2, 0.25) is 0 Å². The highest BCUT2D eigenvalue weighted by Gasteiger charge is 2.28. The van der Waals surface area contributed by atoms with Crippen LogP contribution in [0.1, 0.15) is 37.4 Å². The SMILES string of the molecule is O=C(c1ccc2c(c1)CCN(CC(O)CN1CCc3ccccc3C1)C2=O)N1CCNCC1. The summed E-state index contributed by atoms with van der Waals surface area (Å²) < 4.78 is 0. The number of carbonyl (C=O) groups excluding carboxylic acids is 2. The van der Waals surface area contributed by atoms with Crippen molar-refractivity contribution < 1.29 is 14.7 Å². The average Bonchev–Trinajstić information content (AvgIpc) is 2.85. The van der Waals surface area contributed by atoms with Crippen LogP contribution in [0.15, 0.2) is 42.5 Å². The maximum absolute atomic E-state index is 13.1. The lowest BCUT2D eigenvalue weighted by molar-refractivity contribution is 0.0492. The number of piperazine rings is 1. The van der Waals surface area contributed by atoms with Crippen molar-refractivity contribution in [3.63, 3.8) is 0 Å². The van der Waals surface area contributed by atoms with Gasteiger partial charge in [-0.2, -0.15) is 0 Å². The van der Waals surface area contributed by atoms with E-state index < -0.39 is 6.10 Å². The number of aliphatic hydroxyl groups excluding tert-OH is 1. The predicted molar refractivity (Wildman–Crippen MR) is 126 cm³/mol. The molecule has 0 aliphatic carbocycles. The summed E-state index contributed by atoms with van der Waals surface area (Å²) in [6, 6.07) is 13.9. The number of hydrogen-bond donors (Lipinski definition) is 2. The van der Waals surface area contributed by atoms with Crippen LogP contribution >= 0.6 is 0 Å². The third-order valence-electron chi connectivity index (χ3n) is 7.03. The summed E-state index contributed by atoms with van der Waals surface area (Å²) in [6.45, 7) is 6.28. The molecule has 3 heterocycles. The molecule has 0 aromatic heterocycles. The second kappa shape index (κ2) is 9.63. The minimum atomic E-state index is -0.589. The zero-order chi connectivity index (χ0) is 22.8. The van der Waals surface area contributed by atoms with Gasteiger partial charge in [0.25, 0.3) is 11.8 Å². The Balaban J connectivity index is 1.19. The van der Waals surface area contributed by atoms with Crippen molar-refractivity contribution in [2.75, 3.05) is 52.4 Å². The molecule has 2 aromatic rings. The lowest BCUT2D eigenvalue weighted by atomic mass is 9.95. The van der Waals surface area contributed by atoms with Gasteiger partial charge >= 0.3 is 0 Å². The summed E-state index contributed by atoms with van der Waals surface area (Å²) >= 11 is 0. The van der Waals surface area contributed by atoms with E-state index in [2.05, 4.69) is 34.5 Å². The van der Waals surface area contributed by atoms with E-state index in [1.807, 2.05) is 11.0 Å². The number of nitrogens with one attached hydrogen (secondary N) is 1. The first-order valence-corrected chi connectivity index (χ1v) is 12.0. The first kappa shape index (κ1) is 22.1. The van der Waals surface area contributed by atoms with Crippen LogP contribution in [-0.2, 0) is 19.4 Å². The topological polar surface area (TPSA) is 76.1 Å². The molecule has 2 aromatic carbocycles. The fourth-order valence-electron chi connectivity index (χ4n) is 5.21. The van der Waals surface area contributed by atoms with Crippen molar-refractivity contribution in [2.24, 2.45) is 0 Å². The van der Waals surface area contributed by atoms with Gasteiger partial charge in [-0.1, -0.05) is 24.3 Å². The van der Waals surface area contributed by atoms with Crippen molar-refractivity contribution >= 4 is 11.8 Å². The highest BCUT2D eigenvalue weighted by molar-refractivity contribution is 6.00. The molecule has 33 heavy (non-hydrogen) atoms. The second-order valence-electron chi connectivity index (χ2n) is 9.32. The van der Waals surface area contributed by atoms with Crippen molar-refractivity contribution in [1.82, 2.24) is 20.0 Å². The van der Waals surface area contributed by atoms with Gasteiger partial charge in [0, 0.05) is 70.0 Å². The molecule has 0 bridgehead atoms. The molecule has 3 aliphatic rings. The normalized spacial score (nSPS) is 19.7. The number of amides is 2. The number of hydrogen-bond acceptors (Lipinski definition) is 5. The monoisotopic (exact) mass is 448 g/mol. The van der Waals surface area contributed by atoms with Crippen LogP contribution < -0.4 is 5.32 Å². The van der Waals surface area contributed by atoms with Crippen LogP contribution in [0, 0.1) is 0 Å². The molecule has 2 N–H and O–H groups in total. The fraction of sp³-hybridized carbons (Fsp3) is 0.462. The van der Waals surface area contributed by atoms with Gasteiger partial charge in [-0.25, -0.2) is 0 Å². The molecule has 1 atom stereocenters. The Morgan fingerprint density at radius 2 is 1.70 bits per heavy atom. The lowest BCUT2D eigenvalue weighted by Crippen LogP contribution is -2.47. The molecular formula is C26H32N4O3. The van der Waals surface area contributed by atoms with E-state index in [1.165, 1.54) is 11.1 Å². The van der Waals surface area contributed by atoms with Gasteiger partial charge in [-0.15, -0.1) is 0 Å². The van der Waals surface area contributed by atoms with Gasteiger partial charge in [0.2, 0.25) is 0 Å². The maximum Gasteiger partial charge on any atom is 0.254 e. The quantitative estimate of drug-likeness (QED) is 0.718. The van der Waals surface area contributed by atoms with E-state index in [9.17, 15) is 14.7 Å². The Bertz CT molecular complexity index is 1030. The second-order valence-corrected chi connectivity index (χ2v) is 9.32. The van der Waals surface area contributed by atoms with Gasteiger partial charge < -0.3 is 20.2 Å². The van der Waals surface area contributed by atoms with E-state index in [0.717, 1.165) is 38.2 Å². The van der Waals surface area contributed by atoms with Crippen LogP contribution in [0.4, 0.5) is 0 Å². The molecule has 3 aliphatic heterocycles. The fourth-order valence-corrected chi connectivity index (χ4v) is 5.21. The van der Waals surface area contributed by atoms with E-state index in [0.29, 0.717) is 50.3 Å². The number of rotatable bonds is 5. The summed E-state index contributed by atoms with van der Waals surface area (Å²) in [5, 5.41) is 14.0. The molecule has 7 heteroatoms. The summed E-state index contributed by atoms with van der Waals surface area (Å²) in [7, 11) is 0. The molecule has 0 spiro atoms. The highest BCUT2D eigenvalue weighted by Crippen LogP contribution is 2.23. The molecule has 1 saturated heterocycles. The van der Waals surface area contributed by atoms with Crippen LogP contribution in [0.3, 0.4) is 0 Å². The first-order valence-electron chi connectivity index (χ1n) is 12.0. The Kier molecular flexibility index (Phi) is 6.44. The van der Waals surface area contributed by atoms with Gasteiger partial charge in [0.1, 0.15) is 0 Å². The van der Waals surface area contributed by atoms with Gasteiger partial charge in [-0.3, -0.25) is 14.5 Å². The third kappa shape index (κ3) is 4.81. The molecular weight excluding hydrogens is 416 g/mol. The number of β-amino-alcohol motifs (C(OH)–C–C–N with tert-alkyl or cyclic N) is 1. The summed E-state index contributed by atoms with van der Waals surface area (Å²) in [4.78, 5) is 31.8. The predicted octanol–water partition coefficient (Wildman–Crippen LogP) is 1.15. The van der Waals surface area contributed by atoms with Gasteiger partial charge in [-0.05, 0) is 47.7 Å². The molecule has 2 amide bonds. The minimum Gasteiger partial charge on any atom is -0.390 e. The van der Waals surface area contributed by atoms with E-state index >= 15 is 0 Å². The zero-order valence-corrected chi connectivity index (χ0v) is 19.0. The molecule has 5 rings (SSSR count). The Morgan fingerprint density at radius 1 is 0.939 bits per heavy atom. The first-order chi connectivity index (χ1) is 16.1. The minimum absolute atomic E-state index is 0.0349. The number of fused-ring (bicyclic) bond motifs is 2. The molecule has 174 valence electrons. The summed E-state index contributed by atoms with van der Waals surface area (Å²) in [5.41, 5.74) is 4.95. The van der Waals surface area contributed by atoms with Gasteiger partial charge in [0.15, 0.2) is 0 Å². The molecule has 7 nitrogen and oxygen atoms in total. The Labute approximate surface area is 195 Å². The smallest absolute Gasteiger partial charge is 0.254 e. The summed E-state index contributed by atoms with van der Waals surface area (Å²) in [6.07, 6.45) is 1.11. The standard InChI is InChI=1S/C26H32N4O3/c31-23(17-28-11-7-19-3-1-2-4-22(19)16-28)18-30-12-8-20-15-21(5-6-24(20)26(30)33)25(32)29-13-9-27-10-14-29/h1-6,15,23,27,31H,7-14,16-18H2. The number of carbonyl (C=O) groups is 2. The highest BCUT2D eigenvalue weighted by atomic mass is 16.3. The Hall–Kier alpha value is -2.74. The van der Waals surface area contributed by atoms with E-state index in [4.69, 9.17) is 0 Å². The van der Waals surface area contributed by atoms with Crippen LogP contribution in [0.5, 0.6) is 0 Å². The van der Waals surface area contributed by atoms with Crippen LogP contribution in [-0.4, -0.2) is 90.1 Å². The number of benzene rings is 2. The van der Waals surface area contributed by atoms with Crippen molar-refractivity contribution in [1.29, 1.82) is 0 Å². The van der Waals surface area contributed by atoms with Crippen LogP contribution in [0.25, 0.3) is 0 Å². The Morgan fingerprint density at radius 3 is 2.52 bits per heavy atom. The van der Waals surface area contributed by atoms with E-state index in [1.54, 1.807) is 17.0 Å². The molecule has 0 saturated carbocycles. The van der Waals surface area contributed by atoms with Crippen molar-refractivity contribution in [3.8, 4) is 0 Å².